The first kappa shape index (κ1) is 38.5. The lowest BCUT2D eigenvalue weighted by Crippen LogP contribution is -2.47. The summed E-state index contributed by atoms with van der Waals surface area (Å²) in [7, 11) is -12.2. The van der Waals surface area contributed by atoms with Crippen LogP contribution in [0.3, 0.4) is 0 Å². The van der Waals surface area contributed by atoms with Crippen LogP contribution in [0, 0.1) is 13.8 Å². The second-order valence-electron chi connectivity index (χ2n) is 14.5. The summed E-state index contributed by atoms with van der Waals surface area (Å²) in [6.07, 6.45) is 2.43. The summed E-state index contributed by atoms with van der Waals surface area (Å²) >= 11 is 0. The fourth-order valence-electron chi connectivity index (χ4n) is 3.64. The summed E-state index contributed by atoms with van der Waals surface area (Å²) in [5.74, 6) is 0. The van der Waals surface area contributed by atoms with Crippen molar-refractivity contribution in [1.82, 2.24) is 9.44 Å². The third-order valence-electron chi connectivity index (χ3n) is 8.66. The van der Waals surface area contributed by atoms with Crippen LogP contribution in [0.15, 0.2) is 70.5 Å². The summed E-state index contributed by atoms with van der Waals surface area (Å²) in [5, 5.41) is -0.231. The molecule has 0 saturated carbocycles. The summed E-state index contributed by atoms with van der Waals surface area (Å²) in [4.78, 5) is 0.366. The Morgan fingerprint density at radius 1 is 0.614 bits per heavy atom. The normalized spacial score (nSPS) is 15.5. The van der Waals surface area contributed by atoms with Gasteiger partial charge in [0.15, 0.2) is 16.6 Å². The summed E-state index contributed by atoms with van der Waals surface area (Å²) in [6.45, 7) is 25.0. The van der Waals surface area contributed by atoms with Crippen LogP contribution in [0.25, 0.3) is 0 Å². The molecule has 0 aliphatic rings. The van der Waals surface area contributed by atoms with Gasteiger partial charge in [-0.25, -0.2) is 26.3 Å². The van der Waals surface area contributed by atoms with Gasteiger partial charge in [0.05, 0.1) is 22.0 Å². The van der Waals surface area contributed by atoms with E-state index >= 15 is 0 Å². The zero-order valence-electron chi connectivity index (χ0n) is 28.6. The molecule has 44 heavy (non-hydrogen) atoms. The molecule has 2 aromatic carbocycles. The molecule has 8 nitrogen and oxygen atoms in total. The highest BCUT2D eigenvalue weighted by Gasteiger charge is 2.40. The zero-order chi connectivity index (χ0) is 33.8. The third kappa shape index (κ3) is 11.0. The van der Waals surface area contributed by atoms with E-state index in [4.69, 9.17) is 8.85 Å². The number of aryl methyl sites for hydroxylation is 2. The lowest BCUT2D eigenvalue weighted by Gasteiger charge is -2.39. The van der Waals surface area contributed by atoms with Crippen molar-refractivity contribution in [3.8, 4) is 0 Å². The Morgan fingerprint density at radius 2 is 0.886 bits per heavy atom. The van der Waals surface area contributed by atoms with Gasteiger partial charge in [-0.1, -0.05) is 89.1 Å². The summed E-state index contributed by atoms with van der Waals surface area (Å²) in [5.41, 5.74) is 1.94. The molecular formula is C32H54N2O6S2Si2. The molecule has 0 saturated heterocycles. The Balaban J connectivity index is 2.41. The lowest BCUT2D eigenvalue weighted by molar-refractivity contribution is 0.213. The average molecular weight is 683 g/mol. The SMILES string of the molecule is Cc1ccc(S(=O)(=O)NC[C@H](/C=C/[C@@H](CNS(=O)(=O)c2ccc(C)cc2)O[Si](C)(C)C(C)(C)C)O[Si](C)(C)C(C)(C)C)cc1. The van der Waals surface area contributed by atoms with Crippen LogP contribution in [0.1, 0.15) is 52.7 Å². The van der Waals surface area contributed by atoms with Crippen LogP contribution >= 0.6 is 0 Å². The molecule has 0 heterocycles. The van der Waals surface area contributed by atoms with E-state index in [1.165, 1.54) is 0 Å². The van der Waals surface area contributed by atoms with Crippen molar-refractivity contribution in [3.05, 3.63) is 71.8 Å². The summed E-state index contributed by atoms with van der Waals surface area (Å²) < 4.78 is 71.3. The molecule has 0 aliphatic heterocycles. The third-order valence-corrected chi connectivity index (χ3v) is 20.5. The molecule has 2 N–H and O–H groups in total. The summed E-state index contributed by atoms with van der Waals surface area (Å²) in [6, 6.07) is 13.4. The fourth-order valence-corrected chi connectivity index (χ4v) is 8.28. The Morgan fingerprint density at radius 3 is 1.14 bits per heavy atom. The molecule has 0 fully saturated rings. The van der Waals surface area contributed by atoms with Gasteiger partial charge in [0.2, 0.25) is 20.0 Å². The van der Waals surface area contributed by atoms with Crippen LogP contribution in [0.2, 0.25) is 36.3 Å². The Hall–Kier alpha value is -1.65. The topological polar surface area (TPSA) is 111 Å². The highest BCUT2D eigenvalue weighted by Crippen LogP contribution is 2.38. The van der Waals surface area contributed by atoms with E-state index < -0.39 is 48.9 Å². The zero-order valence-corrected chi connectivity index (χ0v) is 32.2. The van der Waals surface area contributed by atoms with Gasteiger partial charge in [0, 0.05) is 13.1 Å². The smallest absolute Gasteiger partial charge is 0.240 e. The van der Waals surface area contributed by atoms with Crippen LogP contribution in [-0.2, 0) is 28.9 Å². The number of benzene rings is 2. The fraction of sp³-hybridized carbons (Fsp3) is 0.562. The van der Waals surface area contributed by atoms with Gasteiger partial charge in [-0.3, -0.25) is 0 Å². The van der Waals surface area contributed by atoms with Crippen LogP contribution in [-0.4, -0.2) is 58.8 Å². The van der Waals surface area contributed by atoms with Gasteiger partial charge in [-0.05, 0) is 74.4 Å². The number of hydrogen-bond acceptors (Lipinski definition) is 6. The average Bonchev–Trinajstić information content (AvgIpc) is 2.87. The second-order valence-corrected chi connectivity index (χ2v) is 27.6. The van der Waals surface area contributed by atoms with Crippen molar-refractivity contribution < 1.29 is 25.7 Å². The van der Waals surface area contributed by atoms with Gasteiger partial charge < -0.3 is 8.85 Å². The number of hydrogen-bond donors (Lipinski definition) is 2. The largest absolute Gasteiger partial charge is 0.409 e. The quantitative estimate of drug-likeness (QED) is 0.166. The van der Waals surface area contributed by atoms with Crippen molar-refractivity contribution >= 4 is 36.7 Å². The van der Waals surface area contributed by atoms with E-state index in [0.717, 1.165) is 11.1 Å². The maximum Gasteiger partial charge on any atom is 0.240 e. The van der Waals surface area contributed by atoms with Gasteiger partial charge >= 0.3 is 0 Å². The van der Waals surface area contributed by atoms with E-state index in [9.17, 15) is 16.8 Å². The minimum absolute atomic E-state index is 0.0150. The molecule has 0 bridgehead atoms. The minimum Gasteiger partial charge on any atom is -0.409 e. The van der Waals surface area contributed by atoms with E-state index in [0.29, 0.717) is 0 Å². The molecule has 0 unspecified atom stereocenters. The lowest BCUT2D eigenvalue weighted by atomic mass is 10.2. The first-order chi connectivity index (χ1) is 19.9. The van der Waals surface area contributed by atoms with E-state index in [1.807, 2.05) is 26.0 Å². The Kier molecular flexibility index (Phi) is 12.6. The first-order valence-electron chi connectivity index (χ1n) is 15.0. The molecule has 2 aromatic rings. The number of nitrogens with one attached hydrogen (secondary N) is 2. The predicted octanol–water partition coefficient (Wildman–Crippen LogP) is 6.90. The van der Waals surface area contributed by atoms with Crippen molar-refractivity contribution in [2.45, 2.75) is 114 Å². The van der Waals surface area contributed by atoms with Crippen molar-refractivity contribution in [1.29, 1.82) is 0 Å². The highest BCUT2D eigenvalue weighted by atomic mass is 32.2. The predicted molar refractivity (Wildman–Crippen MR) is 186 cm³/mol. The number of sulfonamides is 2. The van der Waals surface area contributed by atoms with Crippen molar-refractivity contribution in [2.24, 2.45) is 0 Å². The Bertz CT molecular complexity index is 1360. The Labute approximate surface area is 269 Å². The van der Waals surface area contributed by atoms with Crippen molar-refractivity contribution in [3.63, 3.8) is 0 Å². The van der Waals surface area contributed by atoms with Gasteiger partial charge in [0.25, 0.3) is 0 Å². The molecular weight excluding hydrogens is 629 g/mol. The van der Waals surface area contributed by atoms with Gasteiger partial charge in [-0.15, -0.1) is 0 Å². The second kappa shape index (κ2) is 14.4. The van der Waals surface area contributed by atoms with Crippen LogP contribution in [0.5, 0.6) is 0 Å². The molecule has 2 atom stereocenters. The molecule has 248 valence electrons. The van der Waals surface area contributed by atoms with E-state index in [-0.39, 0.29) is 33.0 Å². The van der Waals surface area contributed by atoms with E-state index in [1.54, 1.807) is 48.5 Å². The standard InChI is InChI=1S/C32H54N2O6S2Si2/c1-25-13-19-29(20-14-25)41(35,36)33-23-27(39-43(9,10)31(3,4)5)17-18-28(40-44(11,12)32(6,7)8)24-34-42(37,38)30-21-15-26(2)16-22-30/h13-22,27-28,33-34H,23-24H2,1-12H3/b18-17+/t27-,28-/m0/s1. The van der Waals surface area contributed by atoms with Crippen LogP contribution in [0.4, 0.5) is 0 Å². The maximum absolute atomic E-state index is 13.1. The van der Waals surface area contributed by atoms with Crippen molar-refractivity contribution in [2.75, 3.05) is 13.1 Å². The van der Waals surface area contributed by atoms with Gasteiger partial charge in [0.1, 0.15) is 0 Å². The molecule has 12 heteroatoms. The minimum atomic E-state index is -3.78. The molecule has 0 aliphatic carbocycles. The monoisotopic (exact) mass is 682 g/mol. The molecule has 0 spiro atoms. The molecule has 0 radical (unpaired) electrons. The van der Waals surface area contributed by atoms with E-state index in [2.05, 4.69) is 77.2 Å². The van der Waals surface area contributed by atoms with Crippen LogP contribution < -0.4 is 9.44 Å². The maximum atomic E-state index is 13.1. The van der Waals surface area contributed by atoms with Gasteiger partial charge in [-0.2, -0.15) is 0 Å². The highest BCUT2D eigenvalue weighted by molar-refractivity contribution is 7.89. The molecule has 0 aromatic heterocycles. The molecule has 2 rings (SSSR count). The first-order valence-corrected chi connectivity index (χ1v) is 23.8. The number of rotatable bonds is 14. The molecule has 0 amide bonds.